The highest BCUT2D eigenvalue weighted by Gasteiger charge is 2.16. The first kappa shape index (κ1) is 16.3. The van der Waals surface area contributed by atoms with Gasteiger partial charge in [0.15, 0.2) is 11.6 Å². The number of benzene rings is 1. The minimum Gasteiger partial charge on any atom is -0.504 e. The Balaban J connectivity index is 1.75. The summed E-state index contributed by atoms with van der Waals surface area (Å²) in [4.78, 5) is 15.9. The number of amides is 1. The van der Waals surface area contributed by atoms with Crippen LogP contribution in [0.4, 0.5) is 5.82 Å². The topological polar surface area (TPSA) is 88.3 Å². The van der Waals surface area contributed by atoms with Gasteiger partial charge in [0.25, 0.3) is 0 Å². The summed E-state index contributed by atoms with van der Waals surface area (Å²) in [6, 6.07) is 9.67. The number of carbonyl (C=O) groups excluding carboxylic acids is 1. The number of hydrogen-bond donors (Lipinski definition) is 2. The standard InChI is InChI=1S/C16H11Cl2N3O3/c17-10-3-1-4-11(18)15(10)12-7-9(24-21-12)8-14(23)20-16-13(22)5-2-6-19-16/h1-7,22H,8H2,(H,19,20,23). The van der Waals surface area contributed by atoms with Gasteiger partial charge in [-0.3, -0.25) is 4.79 Å². The molecule has 0 spiro atoms. The molecule has 0 saturated heterocycles. The van der Waals surface area contributed by atoms with Gasteiger partial charge in [0.2, 0.25) is 5.91 Å². The van der Waals surface area contributed by atoms with Crippen molar-refractivity contribution in [1.82, 2.24) is 10.1 Å². The van der Waals surface area contributed by atoms with Crippen molar-refractivity contribution in [3.05, 3.63) is 58.4 Å². The molecule has 0 aliphatic carbocycles. The molecule has 3 aromatic rings. The highest BCUT2D eigenvalue weighted by molar-refractivity contribution is 6.39. The van der Waals surface area contributed by atoms with Gasteiger partial charge in [-0.05, 0) is 24.3 Å². The van der Waals surface area contributed by atoms with Crippen LogP contribution in [-0.2, 0) is 11.2 Å². The molecular formula is C16H11Cl2N3O3. The molecule has 0 atom stereocenters. The Kier molecular flexibility index (Phi) is 4.69. The smallest absolute Gasteiger partial charge is 0.233 e. The molecule has 2 N–H and O–H groups in total. The number of aromatic hydroxyl groups is 1. The van der Waals surface area contributed by atoms with E-state index >= 15 is 0 Å². The fourth-order valence-corrected chi connectivity index (χ4v) is 2.68. The molecule has 0 radical (unpaired) electrons. The zero-order valence-electron chi connectivity index (χ0n) is 12.2. The van der Waals surface area contributed by atoms with E-state index in [1.165, 1.54) is 12.3 Å². The summed E-state index contributed by atoms with van der Waals surface area (Å²) in [5.41, 5.74) is 0.979. The first-order chi connectivity index (χ1) is 11.5. The predicted octanol–water partition coefficient (Wildman–Crippen LogP) is 3.93. The van der Waals surface area contributed by atoms with Crippen LogP contribution in [0.5, 0.6) is 5.75 Å². The molecule has 2 aromatic heterocycles. The largest absolute Gasteiger partial charge is 0.504 e. The highest BCUT2D eigenvalue weighted by atomic mass is 35.5. The molecule has 8 heteroatoms. The number of hydrogen-bond acceptors (Lipinski definition) is 5. The summed E-state index contributed by atoms with van der Waals surface area (Å²) in [6.07, 6.45) is 1.38. The minimum atomic E-state index is -0.406. The lowest BCUT2D eigenvalue weighted by molar-refractivity contribution is -0.115. The molecule has 1 aromatic carbocycles. The summed E-state index contributed by atoms with van der Waals surface area (Å²) in [6.45, 7) is 0. The fourth-order valence-electron chi connectivity index (χ4n) is 2.08. The molecule has 0 saturated carbocycles. The quantitative estimate of drug-likeness (QED) is 0.732. The fraction of sp³-hybridized carbons (Fsp3) is 0.0625. The molecule has 0 unspecified atom stereocenters. The molecule has 0 fully saturated rings. The number of aromatic nitrogens is 2. The molecular weight excluding hydrogens is 353 g/mol. The second-order valence-corrected chi connectivity index (χ2v) is 5.69. The van der Waals surface area contributed by atoms with E-state index in [1.54, 1.807) is 30.3 Å². The summed E-state index contributed by atoms with van der Waals surface area (Å²) in [5.74, 6) is -0.116. The van der Waals surface area contributed by atoms with Crippen LogP contribution in [0.25, 0.3) is 11.3 Å². The van der Waals surface area contributed by atoms with Crippen molar-refractivity contribution < 1.29 is 14.4 Å². The van der Waals surface area contributed by atoms with Crippen LogP contribution in [-0.4, -0.2) is 21.2 Å². The normalized spacial score (nSPS) is 10.6. The maximum absolute atomic E-state index is 12.0. The Labute approximate surface area is 147 Å². The molecule has 0 bridgehead atoms. The summed E-state index contributed by atoms with van der Waals surface area (Å²) in [5, 5.41) is 16.9. The zero-order chi connectivity index (χ0) is 17.1. The lowest BCUT2D eigenvalue weighted by Gasteiger charge is -2.04. The third-order valence-electron chi connectivity index (χ3n) is 3.16. The van der Waals surface area contributed by atoms with Gasteiger partial charge >= 0.3 is 0 Å². The van der Waals surface area contributed by atoms with E-state index in [-0.39, 0.29) is 18.0 Å². The van der Waals surface area contributed by atoms with Crippen molar-refractivity contribution in [2.24, 2.45) is 0 Å². The van der Waals surface area contributed by atoms with Crippen molar-refractivity contribution in [3.63, 3.8) is 0 Å². The second kappa shape index (κ2) is 6.90. The Morgan fingerprint density at radius 1 is 1.21 bits per heavy atom. The molecule has 24 heavy (non-hydrogen) atoms. The van der Waals surface area contributed by atoms with Crippen molar-refractivity contribution >= 4 is 34.9 Å². The van der Waals surface area contributed by atoms with E-state index in [9.17, 15) is 9.90 Å². The SMILES string of the molecule is O=C(Cc1cc(-c2c(Cl)cccc2Cl)no1)Nc1ncccc1O. The molecule has 0 aliphatic rings. The van der Waals surface area contributed by atoms with Gasteiger partial charge in [0, 0.05) is 17.8 Å². The lowest BCUT2D eigenvalue weighted by atomic mass is 10.1. The van der Waals surface area contributed by atoms with Gasteiger partial charge in [0.1, 0.15) is 11.5 Å². The van der Waals surface area contributed by atoms with Crippen molar-refractivity contribution in [2.75, 3.05) is 5.32 Å². The van der Waals surface area contributed by atoms with Gasteiger partial charge in [-0.25, -0.2) is 4.98 Å². The maximum atomic E-state index is 12.0. The van der Waals surface area contributed by atoms with E-state index in [1.807, 2.05) is 0 Å². The number of halogens is 2. The van der Waals surface area contributed by atoms with Crippen molar-refractivity contribution in [1.29, 1.82) is 0 Å². The van der Waals surface area contributed by atoms with E-state index in [2.05, 4.69) is 15.5 Å². The number of nitrogens with one attached hydrogen (secondary N) is 1. The van der Waals surface area contributed by atoms with E-state index < -0.39 is 5.91 Å². The Hall–Kier alpha value is -2.57. The summed E-state index contributed by atoms with van der Waals surface area (Å²) in [7, 11) is 0. The predicted molar refractivity (Wildman–Crippen MR) is 90.2 cm³/mol. The van der Waals surface area contributed by atoms with Crippen LogP contribution in [0.15, 0.2) is 47.1 Å². The average Bonchev–Trinajstić information content (AvgIpc) is 2.97. The van der Waals surface area contributed by atoms with Crippen molar-refractivity contribution in [3.8, 4) is 17.0 Å². The van der Waals surface area contributed by atoms with Gasteiger partial charge in [0.05, 0.1) is 16.5 Å². The minimum absolute atomic E-state index is 0.0783. The third-order valence-corrected chi connectivity index (χ3v) is 3.79. The zero-order valence-corrected chi connectivity index (χ0v) is 13.7. The van der Waals surface area contributed by atoms with E-state index in [0.29, 0.717) is 27.1 Å². The van der Waals surface area contributed by atoms with Crippen LogP contribution in [0.1, 0.15) is 5.76 Å². The molecule has 2 heterocycles. The lowest BCUT2D eigenvalue weighted by Crippen LogP contribution is -2.15. The Morgan fingerprint density at radius 2 is 1.96 bits per heavy atom. The van der Waals surface area contributed by atoms with Crippen LogP contribution < -0.4 is 5.32 Å². The molecule has 122 valence electrons. The molecule has 6 nitrogen and oxygen atoms in total. The average molecular weight is 364 g/mol. The first-order valence-electron chi connectivity index (χ1n) is 6.88. The molecule has 0 aliphatic heterocycles. The Bertz CT molecular complexity index is 876. The Morgan fingerprint density at radius 3 is 2.67 bits per heavy atom. The monoisotopic (exact) mass is 363 g/mol. The number of rotatable bonds is 4. The van der Waals surface area contributed by atoms with Crippen LogP contribution in [0.3, 0.4) is 0 Å². The van der Waals surface area contributed by atoms with Gasteiger partial charge < -0.3 is 14.9 Å². The van der Waals surface area contributed by atoms with Gasteiger partial charge in [-0.1, -0.05) is 34.4 Å². The van der Waals surface area contributed by atoms with Gasteiger partial charge in [-0.15, -0.1) is 0 Å². The van der Waals surface area contributed by atoms with Crippen LogP contribution in [0.2, 0.25) is 10.0 Å². The van der Waals surface area contributed by atoms with Crippen molar-refractivity contribution in [2.45, 2.75) is 6.42 Å². The van der Waals surface area contributed by atoms with Crippen LogP contribution >= 0.6 is 23.2 Å². The second-order valence-electron chi connectivity index (χ2n) is 4.87. The summed E-state index contributed by atoms with van der Waals surface area (Å²) >= 11 is 12.2. The molecule has 1 amide bonds. The van der Waals surface area contributed by atoms with Gasteiger partial charge in [-0.2, -0.15) is 0 Å². The van der Waals surface area contributed by atoms with E-state index in [0.717, 1.165) is 0 Å². The maximum Gasteiger partial charge on any atom is 0.233 e. The van der Waals surface area contributed by atoms with E-state index in [4.69, 9.17) is 27.7 Å². The third kappa shape index (κ3) is 3.50. The highest BCUT2D eigenvalue weighted by Crippen LogP contribution is 2.34. The van der Waals surface area contributed by atoms with Crippen LogP contribution in [0, 0.1) is 0 Å². The number of nitrogens with zero attached hydrogens (tertiary/aromatic N) is 2. The number of pyridine rings is 1. The molecule has 3 rings (SSSR count). The summed E-state index contributed by atoms with van der Waals surface area (Å²) < 4.78 is 5.16. The number of anilines is 1. The number of carbonyl (C=O) groups is 1. The first-order valence-corrected chi connectivity index (χ1v) is 7.64.